The van der Waals surface area contributed by atoms with Crippen molar-refractivity contribution in [1.29, 1.82) is 0 Å². The average Bonchev–Trinajstić information content (AvgIpc) is 2.99. The van der Waals surface area contributed by atoms with E-state index in [0.29, 0.717) is 0 Å². The van der Waals surface area contributed by atoms with Crippen LogP contribution in [0.15, 0.2) is 0 Å². The van der Waals surface area contributed by atoms with E-state index in [2.05, 4.69) is 39.5 Å². The van der Waals surface area contributed by atoms with Gasteiger partial charge in [-0.25, -0.2) is 4.98 Å². The molecule has 2 fully saturated rings. The zero-order valence-corrected chi connectivity index (χ0v) is 15.7. The smallest absolute Gasteiger partial charge is 0.399 e. The maximum atomic E-state index is 6.24. The minimum atomic E-state index is -0.315. The fourth-order valence-corrected chi connectivity index (χ4v) is 3.91. The first-order valence-electron chi connectivity index (χ1n) is 8.52. The third-order valence-electron chi connectivity index (χ3n) is 4.95. The number of aromatic nitrogens is 1. The minimum Gasteiger partial charge on any atom is -0.399 e. The van der Waals surface area contributed by atoms with E-state index in [1.807, 2.05) is 0 Å². The van der Waals surface area contributed by atoms with Gasteiger partial charge in [0.2, 0.25) is 0 Å². The monoisotopic (exact) mass is 338 g/mol. The molecule has 128 valence electrons. The van der Waals surface area contributed by atoms with Crippen LogP contribution in [0.25, 0.3) is 0 Å². The van der Waals surface area contributed by atoms with Crippen LogP contribution in [0, 0.1) is 0 Å². The molecule has 0 atom stereocenters. The fourth-order valence-electron chi connectivity index (χ4n) is 2.79. The Labute approximate surface area is 143 Å². The number of rotatable bonds is 4. The van der Waals surface area contributed by atoms with Gasteiger partial charge in [0.15, 0.2) is 5.13 Å². The van der Waals surface area contributed by atoms with E-state index in [1.165, 1.54) is 0 Å². The molecule has 3 rings (SSSR count). The molecule has 0 bridgehead atoms. The van der Waals surface area contributed by atoms with Crippen LogP contribution in [0.1, 0.15) is 46.7 Å². The Morgan fingerprint density at radius 3 is 2.30 bits per heavy atom. The molecule has 2 saturated heterocycles. The summed E-state index contributed by atoms with van der Waals surface area (Å²) in [5.41, 5.74) is 0.492. The van der Waals surface area contributed by atoms with E-state index in [9.17, 15) is 0 Å². The summed E-state index contributed by atoms with van der Waals surface area (Å²) in [5.74, 6) is 0. The summed E-state index contributed by atoms with van der Waals surface area (Å²) in [6.45, 7) is 13.9. The molecule has 0 N–H and O–H groups in total. The number of anilines is 1. The highest BCUT2D eigenvalue weighted by atomic mass is 32.1. The fraction of sp³-hybridized carbons (Fsp3) is 0.812. The molecule has 0 radical (unpaired) electrons. The summed E-state index contributed by atoms with van der Waals surface area (Å²) in [4.78, 5) is 7.20. The van der Waals surface area contributed by atoms with E-state index in [1.54, 1.807) is 11.3 Å². The third-order valence-corrected chi connectivity index (χ3v) is 6.13. The molecule has 23 heavy (non-hydrogen) atoms. The van der Waals surface area contributed by atoms with Gasteiger partial charge >= 0.3 is 7.12 Å². The molecule has 1 aromatic rings. The summed E-state index contributed by atoms with van der Waals surface area (Å²) in [5, 5.41) is 1.07. The predicted octanol–water partition coefficient (Wildman–Crippen LogP) is 2.23. The molecule has 0 unspecified atom stereocenters. The first-order valence-corrected chi connectivity index (χ1v) is 9.33. The van der Waals surface area contributed by atoms with Gasteiger partial charge in [0.25, 0.3) is 0 Å². The van der Waals surface area contributed by atoms with Gasteiger partial charge in [-0.15, -0.1) is 11.3 Å². The molecule has 0 amide bonds. The number of hydrogen-bond acceptors (Lipinski definition) is 6. The van der Waals surface area contributed by atoms with Crippen molar-refractivity contribution >= 4 is 28.4 Å². The van der Waals surface area contributed by atoms with Gasteiger partial charge in [-0.1, -0.05) is 13.3 Å². The van der Waals surface area contributed by atoms with Crippen LogP contribution in [0.2, 0.25) is 0 Å². The second kappa shape index (κ2) is 6.35. The zero-order valence-electron chi connectivity index (χ0n) is 14.8. The normalized spacial score (nSPS) is 23.5. The summed E-state index contributed by atoms with van der Waals surface area (Å²) in [6, 6.07) is 0. The standard InChI is InChI=1S/C16H27BN2O3S/c1-6-7-12-13(17-21-15(2,3)16(4,5)22-17)23-14(18-12)19-8-10-20-11-9-19/h6-11H2,1-5H3. The molecule has 0 spiro atoms. The quantitative estimate of drug-likeness (QED) is 0.788. The SMILES string of the molecule is CCCc1nc(N2CCOCC2)sc1B1OC(C)(C)C(C)(C)O1. The van der Waals surface area contributed by atoms with Crippen LogP contribution in [0.5, 0.6) is 0 Å². The highest BCUT2D eigenvalue weighted by Crippen LogP contribution is 2.37. The predicted molar refractivity (Wildman–Crippen MR) is 94.9 cm³/mol. The molecular weight excluding hydrogens is 311 g/mol. The molecular formula is C16H27BN2O3S. The Balaban J connectivity index is 1.87. The van der Waals surface area contributed by atoms with Gasteiger partial charge < -0.3 is 18.9 Å². The van der Waals surface area contributed by atoms with Crippen LogP contribution in [0.3, 0.4) is 0 Å². The molecule has 2 aliphatic rings. The maximum Gasteiger partial charge on any atom is 0.507 e. The van der Waals surface area contributed by atoms with Gasteiger partial charge in [0, 0.05) is 13.1 Å². The topological polar surface area (TPSA) is 43.8 Å². The van der Waals surface area contributed by atoms with Crippen LogP contribution in [-0.2, 0) is 20.5 Å². The molecule has 1 aromatic heterocycles. The van der Waals surface area contributed by atoms with Crippen LogP contribution in [-0.4, -0.2) is 49.6 Å². The third kappa shape index (κ3) is 3.29. The van der Waals surface area contributed by atoms with Gasteiger partial charge in [0.05, 0.1) is 34.9 Å². The Kier molecular flexibility index (Phi) is 4.75. The number of aryl methyl sites for hydroxylation is 1. The van der Waals surface area contributed by atoms with Crippen molar-refractivity contribution in [3.63, 3.8) is 0 Å². The van der Waals surface area contributed by atoms with Crippen molar-refractivity contribution in [3.8, 4) is 0 Å². The van der Waals surface area contributed by atoms with Crippen molar-refractivity contribution in [2.45, 2.75) is 58.7 Å². The molecule has 2 aliphatic heterocycles. The van der Waals surface area contributed by atoms with Crippen molar-refractivity contribution in [2.24, 2.45) is 0 Å². The lowest BCUT2D eigenvalue weighted by Gasteiger charge is -2.32. The van der Waals surface area contributed by atoms with Crippen molar-refractivity contribution in [1.82, 2.24) is 4.98 Å². The lowest BCUT2D eigenvalue weighted by atomic mass is 9.85. The number of nitrogens with zero attached hydrogens (tertiary/aromatic N) is 2. The van der Waals surface area contributed by atoms with E-state index in [4.69, 9.17) is 19.0 Å². The van der Waals surface area contributed by atoms with Crippen LogP contribution < -0.4 is 9.68 Å². The molecule has 0 saturated carbocycles. The summed E-state index contributed by atoms with van der Waals surface area (Å²) in [7, 11) is -0.311. The molecule has 0 aromatic carbocycles. The molecule has 0 aliphatic carbocycles. The zero-order chi connectivity index (χ0) is 16.7. The van der Waals surface area contributed by atoms with E-state index >= 15 is 0 Å². The Morgan fingerprint density at radius 2 is 1.74 bits per heavy atom. The summed E-state index contributed by atoms with van der Waals surface area (Å²) >= 11 is 1.71. The van der Waals surface area contributed by atoms with Gasteiger partial charge in [-0.3, -0.25) is 0 Å². The van der Waals surface area contributed by atoms with Crippen LogP contribution >= 0.6 is 11.3 Å². The lowest BCUT2D eigenvalue weighted by molar-refractivity contribution is 0.00578. The number of hydrogen-bond donors (Lipinski definition) is 0. The Bertz CT molecular complexity index is 540. The van der Waals surface area contributed by atoms with E-state index in [-0.39, 0.29) is 18.3 Å². The van der Waals surface area contributed by atoms with Crippen molar-refractivity contribution < 1.29 is 14.0 Å². The number of thiazole rings is 1. The van der Waals surface area contributed by atoms with Crippen molar-refractivity contribution in [3.05, 3.63) is 5.69 Å². The maximum absolute atomic E-state index is 6.24. The average molecular weight is 338 g/mol. The first kappa shape index (κ1) is 17.2. The molecule has 7 heteroatoms. The van der Waals surface area contributed by atoms with Crippen LogP contribution in [0.4, 0.5) is 5.13 Å². The van der Waals surface area contributed by atoms with Gasteiger partial charge in [-0.2, -0.15) is 0 Å². The minimum absolute atomic E-state index is 0.311. The van der Waals surface area contributed by atoms with E-state index in [0.717, 1.165) is 54.7 Å². The Hall–Kier alpha value is -0.625. The van der Waals surface area contributed by atoms with E-state index < -0.39 is 0 Å². The highest BCUT2D eigenvalue weighted by molar-refractivity contribution is 7.25. The molecule has 3 heterocycles. The summed E-state index contributed by atoms with van der Waals surface area (Å²) in [6.07, 6.45) is 2.03. The van der Waals surface area contributed by atoms with Gasteiger partial charge in [0.1, 0.15) is 0 Å². The largest absolute Gasteiger partial charge is 0.507 e. The number of ether oxygens (including phenoxy) is 1. The lowest BCUT2D eigenvalue weighted by Crippen LogP contribution is -2.41. The second-order valence-electron chi connectivity index (χ2n) is 7.25. The molecule has 5 nitrogen and oxygen atoms in total. The Morgan fingerprint density at radius 1 is 1.13 bits per heavy atom. The van der Waals surface area contributed by atoms with Crippen molar-refractivity contribution in [2.75, 3.05) is 31.2 Å². The second-order valence-corrected chi connectivity index (χ2v) is 8.25. The number of morpholine rings is 1. The first-order chi connectivity index (χ1) is 10.8. The highest BCUT2D eigenvalue weighted by Gasteiger charge is 2.53. The summed E-state index contributed by atoms with van der Waals surface area (Å²) < 4.78 is 19.1. The van der Waals surface area contributed by atoms with Gasteiger partial charge in [-0.05, 0) is 34.1 Å².